The quantitative estimate of drug-likeness (QED) is 0.301. The molecule has 12 nitrogen and oxygen atoms in total. The minimum absolute atomic E-state index is 0.0277. The highest BCUT2D eigenvalue weighted by atomic mass is 32.2. The molecule has 14 heteroatoms. The highest BCUT2D eigenvalue weighted by Gasteiger charge is 2.43. The molecule has 1 spiro atoms. The van der Waals surface area contributed by atoms with E-state index in [2.05, 4.69) is 32.8 Å². The third-order valence-electron chi connectivity index (χ3n) is 7.83. The summed E-state index contributed by atoms with van der Waals surface area (Å²) >= 11 is 0. The van der Waals surface area contributed by atoms with Gasteiger partial charge in [0.05, 0.1) is 24.1 Å². The lowest BCUT2D eigenvalue weighted by molar-refractivity contribution is -0.0741. The van der Waals surface area contributed by atoms with Gasteiger partial charge >= 0.3 is 6.03 Å². The summed E-state index contributed by atoms with van der Waals surface area (Å²) in [5, 5.41) is 9.48. The summed E-state index contributed by atoms with van der Waals surface area (Å²) in [5.41, 5.74) is 2.51. The van der Waals surface area contributed by atoms with Gasteiger partial charge in [-0.2, -0.15) is 9.61 Å². The number of anilines is 2. The smallest absolute Gasteiger partial charge is 0.328 e. The van der Waals surface area contributed by atoms with Crippen LogP contribution in [0.2, 0.25) is 0 Å². The fourth-order valence-corrected chi connectivity index (χ4v) is 6.63. The van der Waals surface area contributed by atoms with E-state index in [0.29, 0.717) is 38.1 Å². The highest BCUT2D eigenvalue weighted by molar-refractivity contribution is 7.90. The Hall–Kier alpha value is -4.56. The van der Waals surface area contributed by atoms with Crippen molar-refractivity contribution in [2.45, 2.75) is 43.8 Å². The van der Waals surface area contributed by atoms with E-state index in [1.165, 1.54) is 18.3 Å². The molecule has 6 rings (SSSR count). The molecule has 0 radical (unpaired) electrons. The molecule has 0 aliphatic carbocycles. The van der Waals surface area contributed by atoms with Crippen molar-refractivity contribution in [2.24, 2.45) is 0 Å². The standard InChI is InChI=1S/C29H30FN7O5S/c1-3-31-28(39)35-43(40,41)24-16-33-37-25(34-23-9-8-18(2)14-22(23)30)20(15-32-26(24)37)27(38)36-12-10-29(11-13-36)21-7-5-4-6-19(21)17-42-29/h4-9,14-16,34H,3,10-13,17H2,1-2H3,(H2,31,35,39). The second-order valence-electron chi connectivity index (χ2n) is 10.6. The number of aromatic nitrogens is 3. The lowest BCUT2D eigenvalue weighted by Gasteiger charge is -2.39. The molecule has 1 fully saturated rings. The van der Waals surface area contributed by atoms with Gasteiger partial charge in [0.2, 0.25) is 0 Å². The number of sulfonamides is 1. The number of likely N-dealkylation sites (tertiary alicyclic amines) is 1. The van der Waals surface area contributed by atoms with Crippen LogP contribution in [0.4, 0.5) is 20.7 Å². The van der Waals surface area contributed by atoms with Crippen molar-refractivity contribution >= 4 is 39.1 Å². The molecular weight excluding hydrogens is 577 g/mol. The van der Waals surface area contributed by atoms with E-state index in [-0.39, 0.29) is 40.1 Å². The summed E-state index contributed by atoms with van der Waals surface area (Å²) in [5.74, 6) is -0.927. The summed E-state index contributed by atoms with van der Waals surface area (Å²) in [7, 11) is -4.38. The fourth-order valence-electron chi connectivity index (χ4n) is 5.64. The summed E-state index contributed by atoms with van der Waals surface area (Å²) < 4.78 is 50.2. The van der Waals surface area contributed by atoms with Crippen LogP contribution in [0.5, 0.6) is 0 Å². The van der Waals surface area contributed by atoms with Gasteiger partial charge in [-0.05, 0) is 55.5 Å². The van der Waals surface area contributed by atoms with E-state index in [1.807, 2.05) is 16.9 Å². The maximum absolute atomic E-state index is 15.0. The zero-order valence-electron chi connectivity index (χ0n) is 23.6. The Morgan fingerprint density at radius 1 is 1.12 bits per heavy atom. The molecule has 4 heterocycles. The third-order valence-corrected chi connectivity index (χ3v) is 9.15. The zero-order valence-corrected chi connectivity index (χ0v) is 24.4. The van der Waals surface area contributed by atoms with Gasteiger partial charge < -0.3 is 20.3 Å². The van der Waals surface area contributed by atoms with Gasteiger partial charge in [0.1, 0.15) is 17.2 Å². The van der Waals surface area contributed by atoms with E-state index >= 15 is 0 Å². The lowest BCUT2D eigenvalue weighted by Crippen LogP contribution is -2.45. The Morgan fingerprint density at radius 3 is 2.63 bits per heavy atom. The van der Waals surface area contributed by atoms with Gasteiger partial charge in [0.15, 0.2) is 10.5 Å². The van der Waals surface area contributed by atoms with Gasteiger partial charge in [-0.15, -0.1) is 0 Å². The Bertz CT molecular complexity index is 1850. The largest absolute Gasteiger partial charge is 0.365 e. The number of urea groups is 1. The number of hydrogen-bond acceptors (Lipinski definition) is 8. The number of nitrogens with zero attached hydrogens (tertiary/aromatic N) is 4. The molecule has 4 aromatic rings. The summed E-state index contributed by atoms with van der Waals surface area (Å²) in [4.78, 5) is 31.5. The summed E-state index contributed by atoms with van der Waals surface area (Å²) in [6.07, 6.45) is 3.45. The van der Waals surface area contributed by atoms with Crippen molar-refractivity contribution in [3.63, 3.8) is 0 Å². The summed E-state index contributed by atoms with van der Waals surface area (Å²) in [6.45, 7) is 4.93. The Kier molecular flexibility index (Phi) is 7.26. The molecule has 2 aliphatic heterocycles. The molecule has 3 N–H and O–H groups in total. The van der Waals surface area contributed by atoms with Crippen molar-refractivity contribution in [3.05, 3.63) is 82.9 Å². The first kappa shape index (κ1) is 28.6. The van der Waals surface area contributed by atoms with Crippen LogP contribution >= 0.6 is 0 Å². The van der Waals surface area contributed by atoms with E-state index in [4.69, 9.17) is 4.74 Å². The Balaban J connectivity index is 1.36. The van der Waals surface area contributed by atoms with E-state index < -0.39 is 27.5 Å². The van der Waals surface area contributed by atoms with E-state index in [0.717, 1.165) is 21.8 Å². The number of halogens is 1. The second-order valence-corrected chi connectivity index (χ2v) is 12.2. The molecule has 224 valence electrons. The molecule has 0 saturated carbocycles. The van der Waals surface area contributed by atoms with Gasteiger partial charge in [0.25, 0.3) is 15.9 Å². The number of carbonyl (C=O) groups excluding carboxylic acids is 2. The molecule has 2 aliphatic rings. The van der Waals surface area contributed by atoms with Crippen LogP contribution in [0, 0.1) is 12.7 Å². The highest BCUT2D eigenvalue weighted by Crippen LogP contribution is 2.44. The van der Waals surface area contributed by atoms with Gasteiger partial charge in [-0.1, -0.05) is 30.3 Å². The molecule has 43 heavy (non-hydrogen) atoms. The van der Waals surface area contributed by atoms with Gasteiger partial charge in [-0.3, -0.25) is 4.79 Å². The SMILES string of the molecule is CCNC(=O)NS(=O)(=O)c1cnn2c(Nc3ccc(C)cc3F)c(C(=O)N3CCC4(CC3)OCc3ccccc34)cnc12. The average Bonchev–Trinajstić information content (AvgIpc) is 3.58. The molecule has 2 aromatic heterocycles. The van der Waals surface area contributed by atoms with E-state index in [1.54, 1.807) is 24.8 Å². The number of rotatable bonds is 6. The van der Waals surface area contributed by atoms with Crippen LogP contribution in [-0.2, 0) is 27.0 Å². The number of amides is 3. The van der Waals surface area contributed by atoms with Crippen molar-refractivity contribution in [1.82, 2.24) is 29.5 Å². The molecule has 0 unspecified atom stereocenters. The Morgan fingerprint density at radius 2 is 1.88 bits per heavy atom. The van der Waals surface area contributed by atoms with Crippen LogP contribution in [0.3, 0.4) is 0 Å². The van der Waals surface area contributed by atoms with Crippen molar-refractivity contribution in [3.8, 4) is 0 Å². The van der Waals surface area contributed by atoms with Crippen molar-refractivity contribution < 1.29 is 27.1 Å². The maximum Gasteiger partial charge on any atom is 0.328 e. The number of carbonyl (C=O) groups is 2. The number of benzene rings is 2. The molecule has 2 aromatic carbocycles. The zero-order chi connectivity index (χ0) is 30.4. The van der Waals surface area contributed by atoms with Crippen molar-refractivity contribution in [1.29, 1.82) is 0 Å². The lowest BCUT2D eigenvalue weighted by atomic mass is 9.83. The predicted molar refractivity (Wildman–Crippen MR) is 155 cm³/mol. The van der Waals surface area contributed by atoms with Crippen LogP contribution in [-0.4, -0.2) is 59.5 Å². The van der Waals surface area contributed by atoms with Crippen LogP contribution in [0.15, 0.2) is 59.8 Å². The first-order chi connectivity index (χ1) is 20.6. The maximum atomic E-state index is 15.0. The number of piperidine rings is 1. The third kappa shape index (κ3) is 5.16. The van der Waals surface area contributed by atoms with Gasteiger partial charge in [0, 0.05) is 25.8 Å². The number of fused-ring (bicyclic) bond motifs is 3. The molecule has 0 bridgehead atoms. The number of ether oxygens (including phenoxy) is 1. The van der Waals surface area contributed by atoms with Crippen LogP contribution in [0.1, 0.15) is 46.8 Å². The monoisotopic (exact) mass is 607 g/mol. The molecule has 3 amide bonds. The molecule has 1 saturated heterocycles. The normalized spacial score (nSPS) is 15.8. The predicted octanol–water partition coefficient (Wildman–Crippen LogP) is 3.59. The minimum atomic E-state index is -4.38. The van der Waals surface area contributed by atoms with Crippen LogP contribution < -0.4 is 15.4 Å². The topological polar surface area (TPSA) is 147 Å². The fraction of sp³-hybridized carbons (Fsp3) is 0.310. The van der Waals surface area contributed by atoms with E-state index in [9.17, 15) is 22.4 Å². The minimum Gasteiger partial charge on any atom is -0.365 e. The Labute approximate surface area is 247 Å². The van der Waals surface area contributed by atoms with Crippen LogP contribution in [0.25, 0.3) is 5.65 Å². The first-order valence-corrected chi connectivity index (χ1v) is 15.3. The first-order valence-electron chi connectivity index (χ1n) is 13.8. The van der Waals surface area contributed by atoms with Gasteiger partial charge in [-0.25, -0.2) is 27.3 Å². The number of hydrogen-bond donors (Lipinski definition) is 3. The number of aryl methyl sites for hydroxylation is 1. The molecule has 0 atom stereocenters. The average molecular weight is 608 g/mol. The summed E-state index contributed by atoms with van der Waals surface area (Å²) in [6, 6.07) is 11.7. The van der Waals surface area contributed by atoms with Crippen molar-refractivity contribution in [2.75, 3.05) is 25.0 Å². The molecular formula is C29H30FN7O5S. The second kappa shape index (κ2) is 10.9. The number of nitrogens with one attached hydrogen (secondary N) is 3.